The number of benzene rings is 1. The first-order valence-corrected chi connectivity index (χ1v) is 12.9. The van der Waals surface area contributed by atoms with E-state index in [1.807, 2.05) is 6.07 Å². The van der Waals surface area contributed by atoms with Crippen molar-refractivity contribution in [3.8, 4) is 11.5 Å². The number of amides is 1. The smallest absolute Gasteiger partial charge is 0.394 e. The minimum absolute atomic E-state index is 0. The highest BCUT2D eigenvalue weighted by molar-refractivity contribution is 7.79. The molecule has 18 heteroatoms. The molecule has 7 rings (SSSR count). The predicted molar refractivity (Wildman–Crippen MR) is 146 cm³/mol. The number of hydrogen-bond donors (Lipinski definition) is 2. The molecule has 1 spiro atoms. The predicted octanol–water partition coefficient (Wildman–Crippen LogP) is -4.32. The zero-order valence-corrected chi connectivity index (χ0v) is 23.3. The van der Waals surface area contributed by atoms with E-state index in [9.17, 15) is 4.79 Å². The third-order valence-corrected chi connectivity index (χ3v) is 8.81. The normalized spacial score (nSPS) is 30.4. The van der Waals surface area contributed by atoms with E-state index in [0.29, 0.717) is 36.7 Å². The molecule has 17 nitrogen and oxygen atoms in total. The summed E-state index contributed by atoms with van der Waals surface area (Å²) in [5, 5.41) is 0. The fourth-order valence-electron chi connectivity index (χ4n) is 7.87. The zero-order chi connectivity index (χ0) is 24.0. The fourth-order valence-corrected chi connectivity index (χ4v) is 7.87. The van der Waals surface area contributed by atoms with Crippen LogP contribution in [-0.4, -0.2) is 119 Å². The van der Waals surface area contributed by atoms with Crippen molar-refractivity contribution in [3.63, 3.8) is 0 Å². The van der Waals surface area contributed by atoms with Crippen molar-refractivity contribution in [3.05, 3.63) is 29.3 Å². The summed E-state index contributed by atoms with van der Waals surface area (Å²) in [7, 11) is -1.31. The number of ether oxygens (including phenoxy) is 3. The lowest BCUT2D eigenvalue weighted by atomic mass is 9.53. The summed E-state index contributed by atoms with van der Waals surface area (Å²) in [5.74, 6) is 2.57. The molecule has 41 heavy (non-hydrogen) atoms. The van der Waals surface area contributed by atoms with Crippen LogP contribution >= 0.6 is 0 Å². The highest BCUT2D eigenvalue weighted by atomic mass is 32.3. The van der Waals surface area contributed by atoms with Gasteiger partial charge in [-0.1, -0.05) is 11.6 Å². The van der Waals surface area contributed by atoms with Crippen molar-refractivity contribution in [1.29, 1.82) is 0 Å². The van der Waals surface area contributed by atoms with Gasteiger partial charge in [-0.15, -0.1) is 0 Å². The maximum absolute atomic E-state index is 13.5. The minimum atomic E-state index is -4.67. The van der Waals surface area contributed by atoms with Gasteiger partial charge >= 0.3 is 10.4 Å². The van der Waals surface area contributed by atoms with Crippen LogP contribution < -0.4 is 14.4 Å². The zero-order valence-electron chi connectivity index (χ0n) is 22.5. The Labute approximate surface area is 236 Å². The number of piperidine rings is 2. The highest BCUT2D eigenvalue weighted by Gasteiger charge is 2.71. The van der Waals surface area contributed by atoms with Crippen LogP contribution in [0, 0.1) is 11.8 Å². The molecule has 1 aliphatic carbocycles. The molecule has 5 heterocycles. The van der Waals surface area contributed by atoms with Gasteiger partial charge in [-0.2, -0.15) is 8.42 Å². The second-order valence-electron chi connectivity index (χ2n) is 9.93. The third-order valence-electron chi connectivity index (χ3n) is 8.81. The Hall–Kier alpha value is -2.46. The average molecular weight is 619 g/mol. The maximum atomic E-state index is 13.5. The van der Waals surface area contributed by atoms with Crippen molar-refractivity contribution in [2.75, 3.05) is 38.8 Å². The first-order valence-electron chi connectivity index (χ1n) is 11.5. The molecule has 6 aliphatic rings. The topological polar surface area (TPSA) is 346 Å². The van der Waals surface area contributed by atoms with Crippen molar-refractivity contribution in [2.24, 2.45) is 11.8 Å². The van der Waals surface area contributed by atoms with Gasteiger partial charge in [0.05, 0.1) is 45.1 Å². The van der Waals surface area contributed by atoms with Gasteiger partial charge in [-0.3, -0.25) is 18.8 Å². The summed E-state index contributed by atoms with van der Waals surface area (Å²) >= 11 is 0. The second kappa shape index (κ2) is 13.7. The van der Waals surface area contributed by atoms with Crippen molar-refractivity contribution < 1.29 is 74.9 Å². The molecule has 16 N–H and O–H groups in total. The number of fused-ring (bicyclic) bond motifs is 2. The van der Waals surface area contributed by atoms with Gasteiger partial charge in [-0.25, -0.2) is 0 Å². The summed E-state index contributed by atoms with van der Waals surface area (Å²) < 4.78 is 49.2. The number of nitrogens with zero attached hydrogens (tertiary/aromatic N) is 2. The fraction of sp³-hybridized carbons (Fsp3) is 0.609. The van der Waals surface area contributed by atoms with Crippen LogP contribution in [0.4, 0.5) is 5.69 Å². The summed E-state index contributed by atoms with van der Waals surface area (Å²) in [6.07, 6.45) is 5.11. The third kappa shape index (κ3) is 5.66. The van der Waals surface area contributed by atoms with Gasteiger partial charge in [0, 0.05) is 30.0 Å². The standard InChI is InChI=1S/C23H26N2O4.H2O4S.7H2O/c1-27-16-8-14-15(9-17(16)28-2)25-20(26)10-18-21-13-7-19-23(14,22(21)25)4-5-24(19)11-12(13)3-6-29-18;1-5(2,3)4;;;;;;;/h3,8-9,13,18-19,21-22H,4-7,10-11H2,1-2H3;(H2,1,2,3,4);7*1H2. The average Bonchev–Trinajstić information content (AvgIpc) is 3.24. The Morgan fingerprint density at radius 2 is 1.59 bits per heavy atom. The lowest BCUT2D eigenvalue weighted by Crippen LogP contribution is -2.69. The first-order chi connectivity index (χ1) is 16.2. The first kappa shape index (κ1) is 40.7. The number of methoxy groups -OCH3 is 2. The summed E-state index contributed by atoms with van der Waals surface area (Å²) in [6.45, 7) is 2.80. The molecule has 5 aliphatic heterocycles. The molecular weight excluding hydrogens is 576 g/mol. The molecule has 6 unspecified atom stereocenters. The largest absolute Gasteiger partial charge is 0.493 e. The Balaban J connectivity index is 0. The maximum Gasteiger partial charge on any atom is 0.394 e. The van der Waals surface area contributed by atoms with Crippen LogP contribution in [0.15, 0.2) is 23.8 Å². The van der Waals surface area contributed by atoms with Gasteiger partial charge in [0.1, 0.15) is 0 Å². The van der Waals surface area contributed by atoms with Gasteiger partial charge in [-0.05, 0) is 36.9 Å². The van der Waals surface area contributed by atoms with Crippen LogP contribution in [0.2, 0.25) is 0 Å². The van der Waals surface area contributed by atoms with Gasteiger partial charge in [0.25, 0.3) is 0 Å². The molecule has 240 valence electrons. The second-order valence-corrected chi connectivity index (χ2v) is 10.8. The van der Waals surface area contributed by atoms with Crippen molar-refractivity contribution in [2.45, 2.75) is 42.9 Å². The van der Waals surface area contributed by atoms with E-state index in [2.05, 4.69) is 21.9 Å². The van der Waals surface area contributed by atoms with Crippen LogP contribution in [0.1, 0.15) is 24.8 Å². The molecule has 4 fully saturated rings. The molecule has 3 saturated heterocycles. The number of carbonyl (C=O) groups is 1. The van der Waals surface area contributed by atoms with E-state index < -0.39 is 10.4 Å². The van der Waals surface area contributed by atoms with Crippen LogP contribution in [0.5, 0.6) is 11.5 Å². The molecule has 2 bridgehead atoms. The van der Waals surface area contributed by atoms with Gasteiger partial charge in [0.15, 0.2) is 11.5 Å². The monoisotopic (exact) mass is 618 g/mol. The molecule has 0 aromatic heterocycles. The molecule has 6 atom stereocenters. The van der Waals surface area contributed by atoms with Crippen molar-refractivity contribution >= 4 is 22.0 Å². The van der Waals surface area contributed by atoms with E-state index in [1.165, 1.54) is 12.0 Å². The SMILES string of the molecule is COc1cc2c(cc1OC)C13CCN4CC5=CCOC6CC(=O)N2C1C6C5CC43.O.O.O.O.O.O.O.O=S(=O)(O)O. The Morgan fingerprint density at radius 1 is 1.00 bits per heavy atom. The molecular formula is C23H42N2O15S. The lowest BCUT2D eigenvalue weighted by Gasteiger charge is -2.58. The Morgan fingerprint density at radius 3 is 2.17 bits per heavy atom. The minimum Gasteiger partial charge on any atom is -0.493 e. The van der Waals surface area contributed by atoms with Crippen molar-refractivity contribution in [1.82, 2.24) is 4.90 Å². The van der Waals surface area contributed by atoms with E-state index in [0.717, 1.165) is 30.9 Å². The molecule has 0 radical (unpaired) electrons. The van der Waals surface area contributed by atoms with Crippen LogP contribution in [0.25, 0.3) is 0 Å². The summed E-state index contributed by atoms with van der Waals surface area (Å²) in [5.41, 5.74) is 3.85. The van der Waals surface area contributed by atoms with E-state index in [1.54, 1.807) is 19.8 Å². The molecule has 1 saturated carbocycles. The Kier molecular flexibility index (Phi) is 13.6. The highest BCUT2D eigenvalue weighted by Crippen LogP contribution is 2.66. The number of hydrogen-bond acceptors (Lipinski definition) is 7. The molecule has 1 aromatic rings. The van der Waals surface area contributed by atoms with Gasteiger partial charge in [0.2, 0.25) is 5.91 Å². The number of carbonyl (C=O) groups excluding carboxylic acids is 1. The molecule has 1 aromatic carbocycles. The Bertz CT molecular complexity index is 1200. The lowest BCUT2D eigenvalue weighted by molar-refractivity contribution is -0.132. The number of anilines is 1. The van der Waals surface area contributed by atoms with E-state index >= 15 is 0 Å². The summed E-state index contributed by atoms with van der Waals surface area (Å²) in [4.78, 5) is 18.3. The van der Waals surface area contributed by atoms with E-state index in [-0.39, 0.29) is 61.8 Å². The number of rotatable bonds is 2. The van der Waals surface area contributed by atoms with Gasteiger partial charge < -0.3 is 57.4 Å². The quantitative estimate of drug-likeness (QED) is 0.238. The summed E-state index contributed by atoms with van der Waals surface area (Å²) in [6, 6.07) is 4.87. The van der Waals surface area contributed by atoms with E-state index in [4.69, 9.17) is 31.7 Å². The van der Waals surface area contributed by atoms with Crippen LogP contribution in [0.3, 0.4) is 0 Å². The molecule has 1 amide bonds. The van der Waals surface area contributed by atoms with Crippen LogP contribution in [-0.2, 0) is 25.3 Å².